The number of rotatable bonds is 6. The molecule has 1 saturated heterocycles. The first-order valence-electron chi connectivity index (χ1n) is 9.16. The van der Waals surface area contributed by atoms with Crippen molar-refractivity contribution in [3.05, 3.63) is 53.9 Å². The molecule has 1 aromatic heterocycles. The maximum atomic E-state index is 12.5. The fraction of sp³-hybridized carbons (Fsp3) is 0.450. The van der Waals surface area contributed by atoms with Crippen LogP contribution in [-0.2, 0) is 11.3 Å². The summed E-state index contributed by atoms with van der Waals surface area (Å²) in [6.07, 6.45) is 4.07. The third-order valence-electron chi connectivity index (χ3n) is 4.88. The lowest BCUT2D eigenvalue weighted by atomic mass is 10.1. The lowest BCUT2D eigenvalue weighted by Crippen LogP contribution is -2.49. The standard InChI is InChI=1S/C20H27N5O/c1-17-6-3-4-7-18(17)16-23(2)11-8-19(26)24-12-14-25(15-13-24)20-21-9-5-10-22-20/h3-7,9-10H,8,11-16H2,1-2H3. The molecular formula is C20H27N5O. The monoisotopic (exact) mass is 353 g/mol. The second kappa shape index (κ2) is 8.76. The molecule has 0 bridgehead atoms. The van der Waals surface area contributed by atoms with Gasteiger partial charge >= 0.3 is 0 Å². The van der Waals surface area contributed by atoms with Crippen molar-refractivity contribution in [3.63, 3.8) is 0 Å². The van der Waals surface area contributed by atoms with Gasteiger partial charge in [0, 0.05) is 58.1 Å². The van der Waals surface area contributed by atoms with E-state index in [0.29, 0.717) is 6.42 Å². The number of nitrogens with zero attached hydrogens (tertiary/aromatic N) is 5. The Hall–Kier alpha value is -2.47. The molecule has 0 spiro atoms. The first kappa shape index (κ1) is 18.3. The largest absolute Gasteiger partial charge is 0.339 e. The van der Waals surface area contributed by atoms with Crippen molar-refractivity contribution in [2.75, 3.05) is 44.7 Å². The molecule has 0 radical (unpaired) electrons. The summed E-state index contributed by atoms with van der Waals surface area (Å²) in [7, 11) is 2.07. The van der Waals surface area contributed by atoms with Crippen molar-refractivity contribution in [3.8, 4) is 0 Å². The molecule has 26 heavy (non-hydrogen) atoms. The van der Waals surface area contributed by atoms with Crippen molar-refractivity contribution < 1.29 is 4.79 Å². The number of carbonyl (C=O) groups excluding carboxylic acids is 1. The lowest BCUT2D eigenvalue weighted by molar-refractivity contribution is -0.131. The number of benzene rings is 1. The quantitative estimate of drug-likeness (QED) is 0.795. The summed E-state index contributed by atoms with van der Waals surface area (Å²) < 4.78 is 0. The van der Waals surface area contributed by atoms with E-state index in [1.54, 1.807) is 12.4 Å². The topological polar surface area (TPSA) is 52.6 Å². The summed E-state index contributed by atoms with van der Waals surface area (Å²) in [6.45, 7) is 6.82. The van der Waals surface area contributed by atoms with E-state index in [9.17, 15) is 4.79 Å². The first-order chi connectivity index (χ1) is 12.6. The summed E-state index contributed by atoms with van der Waals surface area (Å²) in [5.74, 6) is 0.979. The SMILES string of the molecule is Cc1ccccc1CN(C)CCC(=O)N1CCN(c2ncccn2)CC1. The van der Waals surface area contributed by atoms with Gasteiger partial charge in [-0.15, -0.1) is 0 Å². The van der Waals surface area contributed by atoms with Crippen LogP contribution >= 0.6 is 0 Å². The smallest absolute Gasteiger partial charge is 0.225 e. The molecule has 0 N–H and O–H groups in total. The second-order valence-corrected chi connectivity index (χ2v) is 6.83. The molecule has 6 nitrogen and oxygen atoms in total. The van der Waals surface area contributed by atoms with Gasteiger partial charge in [0.15, 0.2) is 0 Å². The number of carbonyl (C=O) groups is 1. The fourth-order valence-electron chi connectivity index (χ4n) is 3.21. The molecule has 1 fully saturated rings. The van der Waals surface area contributed by atoms with Gasteiger partial charge in [0.05, 0.1) is 0 Å². The lowest BCUT2D eigenvalue weighted by Gasteiger charge is -2.35. The molecule has 2 heterocycles. The average Bonchev–Trinajstić information content (AvgIpc) is 2.69. The van der Waals surface area contributed by atoms with E-state index < -0.39 is 0 Å². The summed E-state index contributed by atoms with van der Waals surface area (Å²) in [6, 6.07) is 10.2. The van der Waals surface area contributed by atoms with Crippen LogP contribution in [-0.4, -0.2) is 65.4 Å². The number of aromatic nitrogens is 2. The molecule has 6 heteroatoms. The van der Waals surface area contributed by atoms with Crippen LogP contribution in [0.1, 0.15) is 17.5 Å². The van der Waals surface area contributed by atoms with Crippen LogP contribution in [0.25, 0.3) is 0 Å². The van der Waals surface area contributed by atoms with Crippen LogP contribution in [0.2, 0.25) is 0 Å². The average molecular weight is 353 g/mol. The molecular weight excluding hydrogens is 326 g/mol. The highest BCUT2D eigenvalue weighted by Gasteiger charge is 2.22. The number of anilines is 1. The van der Waals surface area contributed by atoms with Crippen molar-refractivity contribution in [1.29, 1.82) is 0 Å². The van der Waals surface area contributed by atoms with Crippen molar-refractivity contribution >= 4 is 11.9 Å². The Kier molecular flexibility index (Phi) is 6.17. The highest BCUT2D eigenvalue weighted by molar-refractivity contribution is 5.76. The van der Waals surface area contributed by atoms with Crippen LogP contribution < -0.4 is 4.90 Å². The van der Waals surface area contributed by atoms with Crippen LogP contribution in [0.4, 0.5) is 5.95 Å². The predicted molar refractivity (Wildman–Crippen MR) is 103 cm³/mol. The Morgan fingerprint density at radius 1 is 1.08 bits per heavy atom. The Labute approximate surface area is 155 Å². The van der Waals surface area contributed by atoms with E-state index in [0.717, 1.165) is 45.2 Å². The molecule has 2 aromatic rings. The molecule has 0 aliphatic carbocycles. The van der Waals surface area contributed by atoms with Gasteiger partial charge in [0.2, 0.25) is 11.9 Å². The minimum absolute atomic E-state index is 0.232. The third-order valence-corrected chi connectivity index (χ3v) is 4.88. The van der Waals surface area contributed by atoms with Crippen LogP contribution in [0.15, 0.2) is 42.7 Å². The van der Waals surface area contributed by atoms with Crippen molar-refractivity contribution in [2.45, 2.75) is 19.9 Å². The molecule has 1 amide bonds. The third kappa shape index (κ3) is 4.79. The van der Waals surface area contributed by atoms with Gasteiger partial charge in [-0.3, -0.25) is 4.79 Å². The van der Waals surface area contributed by atoms with Gasteiger partial charge in [0.1, 0.15) is 0 Å². The van der Waals surface area contributed by atoms with Gasteiger partial charge in [0.25, 0.3) is 0 Å². The van der Waals surface area contributed by atoms with E-state index in [2.05, 4.69) is 58.0 Å². The van der Waals surface area contributed by atoms with E-state index in [4.69, 9.17) is 0 Å². The molecule has 1 aliphatic heterocycles. The van der Waals surface area contributed by atoms with Crippen molar-refractivity contribution in [1.82, 2.24) is 19.8 Å². The number of piperazine rings is 1. The van der Waals surface area contributed by atoms with Gasteiger partial charge in [-0.05, 0) is 31.2 Å². The zero-order valence-electron chi connectivity index (χ0n) is 15.6. The molecule has 0 saturated carbocycles. The zero-order chi connectivity index (χ0) is 18.4. The predicted octanol–water partition coefficient (Wildman–Crippen LogP) is 1.96. The van der Waals surface area contributed by atoms with Crippen LogP contribution in [0.3, 0.4) is 0 Å². The van der Waals surface area contributed by atoms with Gasteiger partial charge < -0.3 is 14.7 Å². The summed E-state index contributed by atoms with van der Waals surface area (Å²) >= 11 is 0. The molecule has 0 atom stereocenters. The fourth-order valence-corrected chi connectivity index (χ4v) is 3.21. The maximum Gasteiger partial charge on any atom is 0.225 e. The minimum atomic E-state index is 0.232. The molecule has 3 rings (SSSR count). The number of aryl methyl sites for hydroxylation is 1. The highest BCUT2D eigenvalue weighted by Crippen LogP contribution is 2.12. The van der Waals surface area contributed by atoms with Gasteiger partial charge in [-0.25, -0.2) is 9.97 Å². The van der Waals surface area contributed by atoms with Gasteiger partial charge in [-0.1, -0.05) is 24.3 Å². The first-order valence-corrected chi connectivity index (χ1v) is 9.16. The van der Waals surface area contributed by atoms with Gasteiger partial charge in [-0.2, -0.15) is 0 Å². The summed E-state index contributed by atoms with van der Waals surface area (Å²) in [5, 5.41) is 0. The molecule has 1 aromatic carbocycles. The Morgan fingerprint density at radius 3 is 2.46 bits per heavy atom. The van der Waals surface area contributed by atoms with E-state index in [1.807, 2.05) is 11.0 Å². The minimum Gasteiger partial charge on any atom is -0.339 e. The number of amides is 1. The normalized spacial score (nSPS) is 14.7. The second-order valence-electron chi connectivity index (χ2n) is 6.83. The summed E-state index contributed by atoms with van der Waals surface area (Å²) in [5.41, 5.74) is 2.61. The molecule has 138 valence electrons. The zero-order valence-corrected chi connectivity index (χ0v) is 15.6. The van der Waals surface area contributed by atoms with Crippen molar-refractivity contribution in [2.24, 2.45) is 0 Å². The number of hydrogen-bond acceptors (Lipinski definition) is 5. The Bertz CT molecular complexity index is 713. The summed E-state index contributed by atoms with van der Waals surface area (Å²) in [4.78, 5) is 27.4. The number of hydrogen-bond donors (Lipinski definition) is 0. The van der Waals surface area contributed by atoms with E-state index >= 15 is 0 Å². The highest BCUT2D eigenvalue weighted by atomic mass is 16.2. The molecule has 0 unspecified atom stereocenters. The van der Waals surface area contributed by atoms with Crippen LogP contribution in [0.5, 0.6) is 0 Å². The Balaban J connectivity index is 1.42. The van der Waals surface area contributed by atoms with E-state index in [-0.39, 0.29) is 5.91 Å². The molecule has 1 aliphatic rings. The van der Waals surface area contributed by atoms with Crippen LogP contribution in [0, 0.1) is 6.92 Å². The maximum absolute atomic E-state index is 12.5. The Morgan fingerprint density at radius 2 is 1.77 bits per heavy atom. The van der Waals surface area contributed by atoms with E-state index in [1.165, 1.54) is 11.1 Å².